The van der Waals surface area contributed by atoms with Gasteiger partial charge in [0.05, 0.1) is 12.4 Å². The van der Waals surface area contributed by atoms with Gasteiger partial charge in [0, 0.05) is 48.9 Å². The summed E-state index contributed by atoms with van der Waals surface area (Å²) < 4.78 is 54.2. The molecule has 2 aromatic rings. The molecule has 39 heavy (non-hydrogen) atoms. The fourth-order valence-electron chi connectivity index (χ4n) is 5.22. The molecule has 9 nitrogen and oxygen atoms in total. The number of nitrogens with one attached hydrogen (secondary N) is 2. The maximum Gasteiger partial charge on any atom is 0.257 e. The van der Waals surface area contributed by atoms with Gasteiger partial charge in [0.1, 0.15) is 5.82 Å². The number of aryl methyl sites for hydroxylation is 1. The Morgan fingerprint density at radius 2 is 1.85 bits per heavy atom. The van der Waals surface area contributed by atoms with Crippen LogP contribution >= 0.6 is 0 Å². The van der Waals surface area contributed by atoms with E-state index in [4.69, 9.17) is 5.11 Å². The molecule has 0 atom stereocenters. The number of aromatic nitrogens is 2. The van der Waals surface area contributed by atoms with Crippen molar-refractivity contribution in [3.63, 3.8) is 0 Å². The Hall–Kier alpha value is -3.12. The van der Waals surface area contributed by atoms with Crippen molar-refractivity contribution < 1.29 is 27.1 Å². The van der Waals surface area contributed by atoms with Gasteiger partial charge in [-0.15, -0.1) is 0 Å². The van der Waals surface area contributed by atoms with E-state index in [1.54, 1.807) is 30.0 Å². The molecular weight excluding hydrogens is 528 g/mol. The summed E-state index contributed by atoms with van der Waals surface area (Å²) in [4.78, 5) is 24.0. The van der Waals surface area contributed by atoms with Crippen molar-refractivity contribution in [1.29, 1.82) is 0 Å². The van der Waals surface area contributed by atoms with E-state index < -0.39 is 34.2 Å². The Bertz CT molecular complexity index is 1400. The minimum absolute atomic E-state index is 0.122. The lowest BCUT2D eigenvalue weighted by Gasteiger charge is -2.31. The van der Waals surface area contributed by atoms with Crippen molar-refractivity contribution in [2.45, 2.75) is 57.8 Å². The molecule has 2 fully saturated rings. The van der Waals surface area contributed by atoms with Gasteiger partial charge in [0.25, 0.3) is 11.8 Å². The Kier molecular flexibility index (Phi) is 7.36. The number of nitrogens with zero attached hydrogens (tertiary/aromatic N) is 3. The quantitative estimate of drug-likeness (QED) is 0.438. The number of aliphatic hydroxyl groups is 1. The minimum Gasteiger partial charge on any atom is -0.395 e. The Morgan fingerprint density at radius 3 is 2.49 bits per heavy atom. The summed E-state index contributed by atoms with van der Waals surface area (Å²) in [6.45, 7) is 1.49. The van der Waals surface area contributed by atoms with Crippen molar-refractivity contribution in [3.05, 3.63) is 47.2 Å². The molecule has 1 saturated carbocycles. The highest BCUT2D eigenvalue weighted by atomic mass is 32.2. The number of aliphatic hydroxyl groups excluding tert-OH is 1. The van der Waals surface area contributed by atoms with E-state index in [9.17, 15) is 22.0 Å². The van der Waals surface area contributed by atoms with Crippen LogP contribution in [-0.2, 0) is 10.0 Å². The summed E-state index contributed by atoms with van der Waals surface area (Å²) in [5.41, 5.74) is 3.26. The monoisotopic (exact) mass is 561 g/mol. The number of rotatable bonds is 8. The smallest absolute Gasteiger partial charge is 0.257 e. The lowest BCUT2D eigenvalue weighted by molar-refractivity contribution is -0.0222. The standard InChI is InChI=1S/C27H33F2N5O4S/c1-18-16-23(32-25(30-18)34-12-10-27(28,29)11-13-34)31-24(36)21-3-2-20(33-39(37,38)15-14-35)17-22(21)19-4-6-26(7-5-19)8-9-26/h2-4,16-17,33,35H,5-15H2,1H3,(H,30,31,32,36). The molecule has 3 N–H and O–H groups in total. The molecule has 1 aromatic heterocycles. The molecule has 12 heteroatoms. The number of anilines is 3. The molecule has 1 aliphatic heterocycles. The number of benzene rings is 1. The van der Waals surface area contributed by atoms with E-state index in [1.807, 2.05) is 0 Å². The number of amides is 1. The number of hydrogen-bond acceptors (Lipinski definition) is 7. The van der Waals surface area contributed by atoms with E-state index in [2.05, 4.69) is 26.1 Å². The summed E-state index contributed by atoms with van der Waals surface area (Å²) in [6.07, 6.45) is 6.72. The predicted molar refractivity (Wildman–Crippen MR) is 146 cm³/mol. The molecule has 210 valence electrons. The Labute approximate surface area is 226 Å². The largest absolute Gasteiger partial charge is 0.395 e. The first-order valence-corrected chi connectivity index (χ1v) is 14.9. The van der Waals surface area contributed by atoms with Crippen LogP contribution in [0.3, 0.4) is 0 Å². The van der Waals surface area contributed by atoms with Gasteiger partial charge in [-0.25, -0.2) is 22.2 Å². The highest BCUT2D eigenvalue weighted by Gasteiger charge is 2.43. The van der Waals surface area contributed by atoms with E-state index in [-0.39, 0.29) is 31.7 Å². The zero-order valence-corrected chi connectivity index (χ0v) is 22.7. The topological polar surface area (TPSA) is 125 Å². The third-order valence-corrected chi connectivity index (χ3v) is 9.04. The summed E-state index contributed by atoms with van der Waals surface area (Å²) >= 11 is 0. The van der Waals surface area contributed by atoms with Crippen LogP contribution < -0.4 is 14.9 Å². The number of carbonyl (C=O) groups excluding carboxylic acids is 1. The second-order valence-electron chi connectivity index (χ2n) is 10.8. The van der Waals surface area contributed by atoms with Crippen LogP contribution in [0, 0.1) is 12.3 Å². The molecule has 1 amide bonds. The van der Waals surface area contributed by atoms with Gasteiger partial charge in [-0.1, -0.05) is 6.08 Å². The first kappa shape index (κ1) is 27.4. The Balaban J connectivity index is 1.41. The van der Waals surface area contributed by atoms with Crippen LogP contribution in [-0.4, -0.2) is 60.8 Å². The average molecular weight is 562 g/mol. The molecular formula is C27H33F2N5O4S. The summed E-state index contributed by atoms with van der Waals surface area (Å²) in [7, 11) is -3.74. The van der Waals surface area contributed by atoms with E-state index >= 15 is 0 Å². The van der Waals surface area contributed by atoms with Gasteiger partial charge in [0.2, 0.25) is 16.0 Å². The van der Waals surface area contributed by atoms with E-state index in [0.717, 1.165) is 24.8 Å². The van der Waals surface area contributed by atoms with Crippen LogP contribution in [0.2, 0.25) is 0 Å². The number of piperidine rings is 1. The van der Waals surface area contributed by atoms with Crippen LogP contribution in [0.25, 0.3) is 5.57 Å². The van der Waals surface area contributed by atoms with Crippen molar-refractivity contribution in [2.24, 2.45) is 5.41 Å². The van der Waals surface area contributed by atoms with Crippen molar-refractivity contribution >= 4 is 39.0 Å². The highest BCUT2D eigenvalue weighted by molar-refractivity contribution is 7.92. The normalized spacial score (nSPS) is 19.9. The van der Waals surface area contributed by atoms with Gasteiger partial charge < -0.3 is 15.3 Å². The van der Waals surface area contributed by atoms with Gasteiger partial charge in [-0.3, -0.25) is 9.52 Å². The van der Waals surface area contributed by atoms with Gasteiger partial charge in [-0.05, 0) is 73.8 Å². The third-order valence-electron chi connectivity index (χ3n) is 7.77. The zero-order chi connectivity index (χ0) is 27.8. The number of carbonyl (C=O) groups is 1. The van der Waals surface area contributed by atoms with Crippen molar-refractivity contribution in [2.75, 3.05) is 40.4 Å². The van der Waals surface area contributed by atoms with Crippen molar-refractivity contribution in [3.8, 4) is 0 Å². The molecule has 1 saturated heterocycles. The fourth-order valence-corrected chi connectivity index (χ4v) is 6.05. The Morgan fingerprint density at radius 1 is 1.10 bits per heavy atom. The number of halogens is 2. The van der Waals surface area contributed by atoms with E-state index in [1.165, 1.54) is 18.9 Å². The second-order valence-corrected chi connectivity index (χ2v) is 12.7. The predicted octanol–water partition coefficient (Wildman–Crippen LogP) is 4.35. The van der Waals surface area contributed by atoms with Gasteiger partial charge in [-0.2, -0.15) is 4.98 Å². The molecule has 2 heterocycles. The SMILES string of the molecule is Cc1cc(NC(=O)c2ccc(NS(=O)(=O)CCO)cc2C2=CCC3(CC2)CC3)nc(N2CCC(F)(F)CC2)n1. The van der Waals surface area contributed by atoms with Crippen molar-refractivity contribution in [1.82, 2.24) is 9.97 Å². The van der Waals surface area contributed by atoms with Gasteiger partial charge in [0.15, 0.2) is 0 Å². The number of sulfonamides is 1. The first-order chi connectivity index (χ1) is 18.5. The number of allylic oxidation sites excluding steroid dienone is 2. The summed E-state index contributed by atoms with van der Waals surface area (Å²) in [5, 5.41) is 11.9. The van der Waals surface area contributed by atoms with Gasteiger partial charge >= 0.3 is 0 Å². The molecule has 1 aromatic carbocycles. The molecule has 0 bridgehead atoms. The number of hydrogen-bond donors (Lipinski definition) is 3. The lowest BCUT2D eigenvalue weighted by Crippen LogP contribution is -2.40. The average Bonchev–Trinajstić information content (AvgIpc) is 3.62. The molecule has 5 rings (SSSR count). The summed E-state index contributed by atoms with van der Waals surface area (Å²) in [6, 6.07) is 6.37. The lowest BCUT2D eigenvalue weighted by atomic mass is 9.83. The summed E-state index contributed by atoms with van der Waals surface area (Å²) in [5.74, 6) is -3.00. The molecule has 0 unspecified atom stereocenters. The molecule has 3 aliphatic rings. The maximum atomic E-state index is 13.6. The van der Waals surface area contributed by atoms with Crippen LogP contribution in [0.15, 0.2) is 30.3 Å². The fraction of sp³-hybridized carbons (Fsp3) is 0.519. The van der Waals surface area contributed by atoms with Crippen LogP contribution in [0.1, 0.15) is 66.6 Å². The number of alkyl halides is 2. The molecule has 1 spiro atoms. The van der Waals surface area contributed by atoms with E-state index in [0.29, 0.717) is 33.9 Å². The third kappa shape index (κ3) is 6.55. The molecule has 2 aliphatic carbocycles. The zero-order valence-electron chi connectivity index (χ0n) is 21.8. The second kappa shape index (κ2) is 10.5. The van der Waals surface area contributed by atoms with Crippen LogP contribution in [0.5, 0.6) is 0 Å². The maximum absolute atomic E-state index is 13.6. The first-order valence-electron chi connectivity index (χ1n) is 13.2. The van der Waals surface area contributed by atoms with Crippen LogP contribution in [0.4, 0.5) is 26.2 Å². The molecule has 0 radical (unpaired) electrons. The minimum atomic E-state index is -3.74. The highest BCUT2D eigenvalue weighted by Crippen LogP contribution is 2.56.